The molecule has 2 aromatic rings. The highest BCUT2D eigenvalue weighted by Gasteiger charge is 2.25. The summed E-state index contributed by atoms with van der Waals surface area (Å²) in [5.41, 5.74) is 2.36. The van der Waals surface area contributed by atoms with Crippen molar-refractivity contribution < 1.29 is 4.39 Å². The van der Waals surface area contributed by atoms with E-state index in [1.807, 2.05) is 19.0 Å². The minimum Gasteiger partial charge on any atom is -0.378 e. The van der Waals surface area contributed by atoms with Gasteiger partial charge in [-0.25, -0.2) is 9.37 Å². The van der Waals surface area contributed by atoms with Crippen LogP contribution in [-0.4, -0.2) is 51.2 Å². The normalized spacial score (nSPS) is 16.5. The molecule has 28 heavy (non-hydrogen) atoms. The van der Waals surface area contributed by atoms with Gasteiger partial charge in [0.05, 0.1) is 0 Å². The molecule has 2 N–H and O–H groups in total. The van der Waals surface area contributed by atoms with Gasteiger partial charge in [-0.3, -0.25) is 4.99 Å². The summed E-state index contributed by atoms with van der Waals surface area (Å²) in [6.07, 6.45) is 2.54. The van der Waals surface area contributed by atoms with Crippen LogP contribution in [0.4, 0.5) is 15.9 Å². The van der Waals surface area contributed by atoms with Crippen LogP contribution in [0.1, 0.15) is 12.0 Å². The standard InChI is InChI=1S/C20H27FN6.HI/c1-22-20(24-13-15-6-8-17(9-7-15)26(2)3)25-16-10-12-27(14-16)19-18(21)5-4-11-23-19;/h4-9,11,16H,10,12-14H2,1-3H3,(H2,22,24,25);1H. The van der Waals surface area contributed by atoms with Crippen LogP contribution in [0.2, 0.25) is 0 Å². The largest absolute Gasteiger partial charge is 0.378 e. The lowest BCUT2D eigenvalue weighted by Gasteiger charge is -2.20. The molecule has 1 aliphatic heterocycles. The van der Waals surface area contributed by atoms with Crippen LogP contribution in [0.25, 0.3) is 0 Å². The Balaban J connectivity index is 0.00000280. The van der Waals surface area contributed by atoms with E-state index in [0.29, 0.717) is 18.9 Å². The lowest BCUT2D eigenvalue weighted by molar-refractivity contribution is 0.612. The first kappa shape index (κ1) is 22.2. The van der Waals surface area contributed by atoms with Crippen LogP contribution in [0.15, 0.2) is 47.6 Å². The van der Waals surface area contributed by atoms with Crippen LogP contribution in [0, 0.1) is 5.82 Å². The molecule has 0 bridgehead atoms. The van der Waals surface area contributed by atoms with E-state index in [1.165, 1.54) is 17.3 Å². The monoisotopic (exact) mass is 498 g/mol. The van der Waals surface area contributed by atoms with Gasteiger partial charge in [-0.1, -0.05) is 12.1 Å². The fraction of sp³-hybridized carbons (Fsp3) is 0.400. The van der Waals surface area contributed by atoms with E-state index < -0.39 is 0 Å². The molecule has 0 radical (unpaired) electrons. The predicted molar refractivity (Wildman–Crippen MR) is 124 cm³/mol. The summed E-state index contributed by atoms with van der Waals surface area (Å²) in [7, 11) is 5.82. The molecule has 6 nitrogen and oxygen atoms in total. The van der Waals surface area contributed by atoms with Crippen molar-refractivity contribution in [3.05, 3.63) is 54.0 Å². The van der Waals surface area contributed by atoms with Gasteiger partial charge >= 0.3 is 0 Å². The Bertz CT molecular complexity index is 781. The van der Waals surface area contributed by atoms with Crippen LogP contribution >= 0.6 is 24.0 Å². The number of benzene rings is 1. The summed E-state index contributed by atoms with van der Waals surface area (Å²) in [6.45, 7) is 2.17. The smallest absolute Gasteiger partial charge is 0.191 e. The fourth-order valence-electron chi connectivity index (χ4n) is 3.17. The molecule has 1 aromatic carbocycles. The number of nitrogens with zero attached hydrogens (tertiary/aromatic N) is 4. The maximum atomic E-state index is 13.9. The van der Waals surface area contributed by atoms with E-state index in [-0.39, 0.29) is 35.8 Å². The second-order valence-electron chi connectivity index (χ2n) is 6.87. The lowest BCUT2D eigenvalue weighted by Crippen LogP contribution is -2.44. The minimum absolute atomic E-state index is 0. The number of pyridine rings is 1. The number of halogens is 2. The van der Waals surface area contributed by atoms with Crippen molar-refractivity contribution in [2.45, 2.75) is 19.0 Å². The summed E-state index contributed by atoms with van der Waals surface area (Å²) < 4.78 is 13.9. The minimum atomic E-state index is -0.276. The Morgan fingerprint density at radius 1 is 1.29 bits per heavy atom. The molecule has 0 aliphatic carbocycles. The second kappa shape index (κ2) is 10.4. The Morgan fingerprint density at radius 3 is 2.68 bits per heavy atom. The van der Waals surface area contributed by atoms with Crippen molar-refractivity contribution in [1.29, 1.82) is 0 Å². The van der Waals surface area contributed by atoms with Crippen molar-refractivity contribution in [2.75, 3.05) is 44.0 Å². The third kappa shape index (κ3) is 5.70. The first-order chi connectivity index (χ1) is 13.1. The SMILES string of the molecule is CN=C(NCc1ccc(N(C)C)cc1)NC1CCN(c2ncccc2F)C1.I. The maximum Gasteiger partial charge on any atom is 0.191 e. The van der Waals surface area contributed by atoms with E-state index in [9.17, 15) is 4.39 Å². The molecule has 1 fully saturated rings. The van der Waals surface area contributed by atoms with Gasteiger partial charge in [0.2, 0.25) is 0 Å². The van der Waals surface area contributed by atoms with Crippen molar-refractivity contribution in [3.8, 4) is 0 Å². The van der Waals surface area contributed by atoms with Gasteiger partial charge in [-0.05, 0) is 36.2 Å². The number of anilines is 2. The number of hydrogen-bond donors (Lipinski definition) is 2. The molecular weight excluding hydrogens is 470 g/mol. The van der Waals surface area contributed by atoms with E-state index in [4.69, 9.17) is 0 Å². The van der Waals surface area contributed by atoms with Gasteiger partial charge in [0.15, 0.2) is 17.6 Å². The number of aliphatic imine (C=N–C) groups is 1. The molecule has 1 aliphatic rings. The highest BCUT2D eigenvalue weighted by atomic mass is 127. The van der Waals surface area contributed by atoms with E-state index >= 15 is 0 Å². The predicted octanol–water partition coefficient (Wildman–Crippen LogP) is 2.85. The fourth-order valence-corrected chi connectivity index (χ4v) is 3.17. The molecular formula is C20H28FIN6. The van der Waals surface area contributed by atoms with E-state index in [0.717, 1.165) is 18.9 Å². The molecule has 1 unspecified atom stereocenters. The molecule has 0 spiro atoms. The second-order valence-corrected chi connectivity index (χ2v) is 6.87. The highest BCUT2D eigenvalue weighted by Crippen LogP contribution is 2.20. The number of nitrogens with one attached hydrogen (secondary N) is 2. The van der Waals surface area contributed by atoms with Gasteiger partial charge in [-0.2, -0.15) is 0 Å². The molecule has 1 saturated heterocycles. The van der Waals surface area contributed by atoms with Gasteiger partial charge in [0, 0.05) is 58.7 Å². The van der Waals surface area contributed by atoms with Crippen LogP contribution in [0.3, 0.4) is 0 Å². The zero-order valence-corrected chi connectivity index (χ0v) is 18.9. The Morgan fingerprint density at radius 2 is 2.04 bits per heavy atom. The topological polar surface area (TPSA) is 55.8 Å². The average molecular weight is 498 g/mol. The van der Waals surface area contributed by atoms with Crippen molar-refractivity contribution in [2.24, 2.45) is 4.99 Å². The zero-order valence-electron chi connectivity index (χ0n) is 16.5. The third-order valence-corrected chi connectivity index (χ3v) is 4.70. The molecule has 0 saturated carbocycles. The quantitative estimate of drug-likeness (QED) is 0.378. The van der Waals surface area contributed by atoms with Crippen molar-refractivity contribution in [1.82, 2.24) is 15.6 Å². The first-order valence-corrected chi connectivity index (χ1v) is 9.15. The van der Waals surface area contributed by atoms with E-state index in [2.05, 4.69) is 49.8 Å². The van der Waals surface area contributed by atoms with Gasteiger partial charge < -0.3 is 20.4 Å². The first-order valence-electron chi connectivity index (χ1n) is 9.15. The summed E-state index contributed by atoms with van der Waals surface area (Å²) in [5, 5.41) is 6.77. The number of hydrogen-bond acceptors (Lipinski definition) is 4. The number of aromatic nitrogens is 1. The van der Waals surface area contributed by atoms with Crippen LogP contribution in [-0.2, 0) is 6.54 Å². The number of rotatable bonds is 5. The molecule has 8 heteroatoms. The Kier molecular flexibility index (Phi) is 8.28. The van der Waals surface area contributed by atoms with Crippen LogP contribution < -0.4 is 20.4 Å². The third-order valence-electron chi connectivity index (χ3n) is 4.70. The molecule has 3 rings (SSSR count). The van der Waals surface area contributed by atoms with Gasteiger partial charge in [0.1, 0.15) is 0 Å². The Hall–Kier alpha value is -2.10. The van der Waals surface area contributed by atoms with Crippen LogP contribution in [0.5, 0.6) is 0 Å². The molecule has 1 aromatic heterocycles. The summed E-state index contributed by atoms with van der Waals surface area (Å²) in [5.74, 6) is 0.896. The number of guanidine groups is 1. The van der Waals surface area contributed by atoms with Crippen molar-refractivity contribution in [3.63, 3.8) is 0 Å². The van der Waals surface area contributed by atoms with Gasteiger partial charge in [0.25, 0.3) is 0 Å². The van der Waals surface area contributed by atoms with E-state index in [1.54, 1.807) is 19.3 Å². The molecule has 2 heterocycles. The maximum absolute atomic E-state index is 13.9. The highest BCUT2D eigenvalue weighted by molar-refractivity contribution is 14.0. The lowest BCUT2D eigenvalue weighted by atomic mass is 10.2. The Labute approximate surface area is 183 Å². The average Bonchev–Trinajstić information content (AvgIpc) is 3.14. The zero-order chi connectivity index (χ0) is 19.2. The van der Waals surface area contributed by atoms with Gasteiger partial charge in [-0.15, -0.1) is 24.0 Å². The molecule has 1 atom stereocenters. The summed E-state index contributed by atoms with van der Waals surface area (Å²) >= 11 is 0. The summed E-state index contributed by atoms with van der Waals surface area (Å²) in [4.78, 5) is 12.5. The summed E-state index contributed by atoms with van der Waals surface area (Å²) in [6, 6.07) is 11.7. The molecule has 152 valence electrons. The van der Waals surface area contributed by atoms with Crippen molar-refractivity contribution >= 4 is 41.4 Å². The molecule has 0 amide bonds.